The Morgan fingerprint density at radius 2 is 2.24 bits per heavy atom. The molecule has 0 fully saturated rings. The van der Waals surface area contributed by atoms with E-state index in [0.717, 1.165) is 17.1 Å². The Labute approximate surface area is 119 Å². The number of hydrogen-bond donors (Lipinski definition) is 0. The van der Waals surface area contributed by atoms with Gasteiger partial charge in [0, 0.05) is 5.38 Å². The van der Waals surface area contributed by atoms with E-state index in [-0.39, 0.29) is 5.56 Å². The molecule has 2 aromatic heterocycles. The standard InChI is InChI=1S/C10H9Br2N3OS/c1-2-8-14-6(5-17-8)4-15-10(16)9(12)7(11)3-13-15/h3,5H,2,4H2,1H3. The Morgan fingerprint density at radius 1 is 1.47 bits per heavy atom. The molecular formula is C10H9Br2N3OS. The van der Waals surface area contributed by atoms with Crippen LogP contribution >= 0.6 is 43.2 Å². The molecule has 0 saturated carbocycles. The predicted molar refractivity (Wildman–Crippen MR) is 74.5 cm³/mol. The summed E-state index contributed by atoms with van der Waals surface area (Å²) in [6.07, 6.45) is 2.51. The highest BCUT2D eigenvalue weighted by molar-refractivity contribution is 9.13. The van der Waals surface area contributed by atoms with Gasteiger partial charge in [-0.2, -0.15) is 5.10 Å². The molecule has 2 rings (SSSR count). The molecule has 0 atom stereocenters. The van der Waals surface area contributed by atoms with Gasteiger partial charge in [0.2, 0.25) is 0 Å². The SMILES string of the molecule is CCc1nc(Cn2ncc(Br)c(Br)c2=O)cs1. The molecule has 0 amide bonds. The number of aryl methyl sites for hydroxylation is 1. The lowest BCUT2D eigenvalue weighted by molar-refractivity contribution is 0.623. The van der Waals surface area contributed by atoms with E-state index in [1.807, 2.05) is 5.38 Å². The second kappa shape index (κ2) is 5.41. The molecule has 4 nitrogen and oxygen atoms in total. The van der Waals surface area contributed by atoms with Gasteiger partial charge < -0.3 is 0 Å². The van der Waals surface area contributed by atoms with Crippen LogP contribution in [0.1, 0.15) is 17.6 Å². The van der Waals surface area contributed by atoms with Crippen LogP contribution in [0.4, 0.5) is 0 Å². The van der Waals surface area contributed by atoms with E-state index < -0.39 is 0 Å². The fraction of sp³-hybridized carbons (Fsp3) is 0.300. The van der Waals surface area contributed by atoms with E-state index in [0.29, 0.717) is 15.5 Å². The van der Waals surface area contributed by atoms with Crippen molar-refractivity contribution in [1.29, 1.82) is 0 Å². The zero-order valence-corrected chi connectivity index (χ0v) is 13.0. The zero-order valence-electron chi connectivity index (χ0n) is 8.98. The molecule has 0 unspecified atom stereocenters. The van der Waals surface area contributed by atoms with Crippen molar-refractivity contribution in [1.82, 2.24) is 14.8 Å². The van der Waals surface area contributed by atoms with Gasteiger partial charge in [0.05, 0.1) is 27.9 Å². The van der Waals surface area contributed by atoms with Crippen LogP contribution < -0.4 is 5.56 Å². The van der Waals surface area contributed by atoms with Crippen LogP contribution in [0.3, 0.4) is 0 Å². The minimum Gasteiger partial charge on any atom is -0.266 e. The number of hydrogen-bond acceptors (Lipinski definition) is 4. The Hall–Kier alpha value is -0.530. The smallest absolute Gasteiger partial charge is 0.266 e. The van der Waals surface area contributed by atoms with Crippen molar-refractivity contribution in [3.63, 3.8) is 0 Å². The van der Waals surface area contributed by atoms with Crippen molar-refractivity contribution in [3.8, 4) is 0 Å². The summed E-state index contributed by atoms with van der Waals surface area (Å²) in [6, 6.07) is 0. The lowest BCUT2D eigenvalue weighted by Gasteiger charge is -2.03. The summed E-state index contributed by atoms with van der Waals surface area (Å²) >= 11 is 8.08. The summed E-state index contributed by atoms with van der Waals surface area (Å²) in [7, 11) is 0. The van der Waals surface area contributed by atoms with Crippen LogP contribution in [0.2, 0.25) is 0 Å². The van der Waals surface area contributed by atoms with E-state index in [1.54, 1.807) is 17.5 Å². The Bertz CT molecular complexity index is 593. The predicted octanol–water partition coefficient (Wildman–Crippen LogP) is 2.84. The molecule has 0 aromatic carbocycles. The average Bonchev–Trinajstić information content (AvgIpc) is 2.78. The van der Waals surface area contributed by atoms with E-state index >= 15 is 0 Å². The number of rotatable bonds is 3. The molecule has 17 heavy (non-hydrogen) atoms. The lowest BCUT2D eigenvalue weighted by atomic mass is 10.4. The molecule has 0 bridgehead atoms. The van der Waals surface area contributed by atoms with Crippen LogP contribution in [0.25, 0.3) is 0 Å². The highest BCUT2D eigenvalue weighted by Gasteiger charge is 2.08. The highest BCUT2D eigenvalue weighted by Crippen LogP contribution is 2.17. The fourth-order valence-corrected chi connectivity index (χ4v) is 2.60. The van der Waals surface area contributed by atoms with Crippen LogP contribution in [0, 0.1) is 0 Å². The van der Waals surface area contributed by atoms with Crippen molar-refractivity contribution < 1.29 is 0 Å². The molecule has 0 aliphatic carbocycles. The van der Waals surface area contributed by atoms with E-state index in [1.165, 1.54) is 4.68 Å². The van der Waals surface area contributed by atoms with Gasteiger partial charge in [0.1, 0.15) is 4.47 Å². The number of nitrogens with zero attached hydrogens (tertiary/aromatic N) is 3. The average molecular weight is 379 g/mol. The summed E-state index contributed by atoms with van der Waals surface area (Å²) in [5.41, 5.74) is 0.709. The maximum atomic E-state index is 11.9. The van der Waals surface area contributed by atoms with Crippen molar-refractivity contribution in [2.75, 3.05) is 0 Å². The monoisotopic (exact) mass is 377 g/mol. The van der Waals surface area contributed by atoms with Crippen molar-refractivity contribution in [3.05, 3.63) is 41.6 Å². The maximum Gasteiger partial charge on any atom is 0.282 e. The van der Waals surface area contributed by atoms with Gasteiger partial charge in [-0.3, -0.25) is 4.79 Å². The molecule has 0 aliphatic rings. The second-order valence-corrected chi connectivity index (χ2v) is 5.95. The first-order chi connectivity index (χ1) is 8.11. The van der Waals surface area contributed by atoms with Gasteiger partial charge in [-0.25, -0.2) is 9.67 Å². The van der Waals surface area contributed by atoms with E-state index in [9.17, 15) is 4.79 Å². The molecule has 2 aromatic rings. The van der Waals surface area contributed by atoms with Gasteiger partial charge in [0.25, 0.3) is 5.56 Å². The van der Waals surface area contributed by atoms with Gasteiger partial charge in [-0.05, 0) is 38.3 Å². The van der Waals surface area contributed by atoms with Gasteiger partial charge in [0.15, 0.2) is 0 Å². The van der Waals surface area contributed by atoms with E-state index in [4.69, 9.17) is 0 Å². The molecule has 0 N–H and O–H groups in total. The van der Waals surface area contributed by atoms with Crippen LogP contribution in [0.5, 0.6) is 0 Å². The van der Waals surface area contributed by atoms with Crippen LogP contribution in [0.15, 0.2) is 25.3 Å². The summed E-state index contributed by atoms with van der Waals surface area (Å²) in [5.74, 6) is 0. The second-order valence-electron chi connectivity index (χ2n) is 3.36. The maximum absolute atomic E-state index is 11.9. The number of thiazole rings is 1. The molecule has 7 heteroatoms. The quantitative estimate of drug-likeness (QED) is 0.824. The third kappa shape index (κ3) is 2.83. The van der Waals surface area contributed by atoms with Crippen molar-refractivity contribution in [2.45, 2.75) is 19.9 Å². The molecule has 0 radical (unpaired) electrons. The number of halogens is 2. The third-order valence-corrected chi connectivity index (χ3v) is 5.10. The summed E-state index contributed by atoms with van der Waals surface area (Å²) in [4.78, 5) is 16.3. The molecule has 90 valence electrons. The normalized spacial score (nSPS) is 10.8. The minimum absolute atomic E-state index is 0.162. The Morgan fingerprint density at radius 3 is 2.88 bits per heavy atom. The first-order valence-corrected chi connectivity index (χ1v) is 7.42. The highest BCUT2D eigenvalue weighted by atomic mass is 79.9. The first-order valence-electron chi connectivity index (χ1n) is 4.96. The lowest BCUT2D eigenvalue weighted by Crippen LogP contribution is -2.24. The van der Waals surface area contributed by atoms with Gasteiger partial charge in [-0.1, -0.05) is 6.92 Å². The van der Waals surface area contributed by atoms with Crippen molar-refractivity contribution in [2.24, 2.45) is 0 Å². The summed E-state index contributed by atoms with van der Waals surface area (Å²) in [6.45, 7) is 2.46. The first kappa shape index (κ1) is 12.9. The third-order valence-electron chi connectivity index (χ3n) is 2.16. The zero-order chi connectivity index (χ0) is 12.4. The Balaban J connectivity index is 2.30. The minimum atomic E-state index is -0.162. The van der Waals surface area contributed by atoms with Gasteiger partial charge in [-0.15, -0.1) is 11.3 Å². The largest absolute Gasteiger partial charge is 0.282 e. The van der Waals surface area contributed by atoms with Gasteiger partial charge >= 0.3 is 0 Å². The summed E-state index contributed by atoms with van der Waals surface area (Å²) < 4.78 is 2.54. The molecule has 2 heterocycles. The number of aromatic nitrogens is 3. The molecule has 0 spiro atoms. The van der Waals surface area contributed by atoms with Crippen LogP contribution in [-0.2, 0) is 13.0 Å². The van der Waals surface area contributed by atoms with Crippen molar-refractivity contribution >= 4 is 43.2 Å². The summed E-state index contributed by atoms with van der Waals surface area (Å²) in [5, 5.41) is 7.10. The topological polar surface area (TPSA) is 47.8 Å². The molecular weight excluding hydrogens is 370 g/mol. The molecule has 0 saturated heterocycles. The fourth-order valence-electron chi connectivity index (χ4n) is 1.29. The van der Waals surface area contributed by atoms with E-state index in [2.05, 4.69) is 48.9 Å². The van der Waals surface area contributed by atoms with Crippen LogP contribution in [-0.4, -0.2) is 14.8 Å². The molecule has 0 aliphatic heterocycles. The Kier molecular flexibility index (Phi) is 4.11.